The summed E-state index contributed by atoms with van der Waals surface area (Å²) in [6, 6.07) is 0.885. The molecule has 3 rings (SSSR count). The van der Waals surface area contributed by atoms with E-state index in [0.29, 0.717) is 0 Å². The minimum Gasteiger partial charge on any atom is -0.313 e. The quantitative estimate of drug-likeness (QED) is 0.652. The van der Waals surface area contributed by atoms with Gasteiger partial charge in [0.25, 0.3) is 0 Å². The molecule has 74 valence electrons. The second-order valence-electron chi connectivity index (χ2n) is 5.58. The van der Waals surface area contributed by atoms with Gasteiger partial charge in [0.2, 0.25) is 0 Å². The zero-order valence-electron chi connectivity index (χ0n) is 8.63. The van der Waals surface area contributed by atoms with Gasteiger partial charge in [0.1, 0.15) is 0 Å². The number of hydrogen-bond donors (Lipinski definition) is 1. The minimum atomic E-state index is 0.885. The third-order valence-electron chi connectivity index (χ3n) is 4.85. The lowest BCUT2D eigenvalue weighted by Gasteiger charge is -2.30. The molecule has 3 aliphatic rings. The van der Waals surface area contributed by atoms with Gasteiger partial charge in [0.15, 0.2) is 0 Å². The molecule has 0 radical (unpaired) electrons. The van der Waals surface area contributed by atoms with E-state index in [0.717, 1.165) is 29.7 Å². The number of nitrogens with one attached hydrogen (secondary N) is 1. The first-order chi connectivity index (χ1) is 6.34. The van der Waals surface area contributed by atoms with Crippen LogP contribution in [0, 0.1) is 23.7 Å². The van der Waals surface area contributed by atoms with Gasteiger partial charge in [-0.1, -0.05) is 13.3 Å². The fourth-order valence-electron chi connectivity index (χ4n) is 4.17. The Morgan fingerprint density at radius 1 is 1.08 bits per heavy atom. The van der Waals surface area contributed by atoms with Crippen molar-refractivity contribution in [2.75, 3.05) is 6.54 Å². The fraction of sp³-hybridized carbons (Fsp3) is 1.00. The molecule has 2 aliphatic carbocycles. The first-order valence-electron chi connectivity index (χ1n) is 6.08. The summed E-state index contributed by atoms with van der Waals surface area (Å²) in [6.45, 7) is 3.72. The molecule has 0 aromatic heterocycles. The fourth-order valence-corrected chi connectivity index (χ4v) is 4.17. The maximum Gasteiger partial charge on any atom is 0.0124 e. The lowest BCUT2D eigenvalue weighted by Crippen LogP contribution is -2.37. The molecule has 13 heavy (non-hydrogen) atoms. The van der Waals surface area contributed by atoms with Gasteiger partial charge in [-0.3, -0.25) is 0 Å². The molecule has 1 heteroatoms. The normalized spacial score (nSPS) is 54.7. The molecule has 0 aromatic rings. The van der Waals surface area contributed by atoms with Crippen molar-refractivity contribution >= 4 is 0 Å². The van der Waals surface area contributed by atoms with Gasteiger partial charge < -0.3 is 5.32 Å². The predicted octanol–water partition coefficient (Wildman–Crippen LogP) is 2.42. The third kappa shape index (κ3) is 1.24. The van der Waals surface area contributed by atoms with E-state index in [1.165, 1.54) is 13.0 Å². The van der Waals surface area contributed by atoms with Crippen LogP contribution in [0.25, 0.3) is 0 Å². The maximum absolute atomic E-state index is 3.73. The van der Waals surface area contributed by atoms with Crippen LogP contribution in [0.15, 0.2) is 0 Å². The molecule has 5 atom stereocenters. The smallest absolute Gasteiger partial charge is 0.0124 e. The number of fused-ring (bicyclic) bond motifs is 2. The summed E-state index contributed by atoms with van der Waals surface area (Å²) in [7, 11) is 0. The van der Waals surface area contributed by atoms with Crippen LogP contribution in [-0.4, -0.2) is 12.6 Å². The zero-order valence-corrected chi connectivity index (χ0v) is 8.63. The molecule has 3 fully saturated rings. The maximum atomic E-state index is 3.73. The molecule has 0 amide bonds. The molecular formula is C12H21N. The summed E-state index contributed by atoms with van der Waals surface area (Å²) in [5.74, 6) is 4.22. The Hall–Kier alpha value is -0.0400. The molecule has 5 unspecified atom stereocenters. The van der Waals surface area contributed by atoms with Crippen LogP contribution in [0.4, 0.5) is 0 Å². The van der Waals surface area contributed by atoms with Crippen molar-refractivity contribution < 1.29 is 0 Å². The van der Waals surface area contributed by atoms with Crippen LogP contribution in [0.3, 0.4) is 0 Å². The SMILES string of the molecule is CC1CCNC1C1CC2CCC1C2. The van der Waals surface area contributed by atoms with Crippen molar-refractivity contribution in [1.82, 2.24) is 5.32 Å². The molecule has 0 spiro atoms. The van der Waals surface area contributed by atoms with Gasteiger partial charge >= 0.3 is 0 Å². The first kappa shape index (κ1) is 8.28. The monoisotopic (exact) mass is 179 g/mol. The van der Waals surface area contributed by atoms with Gasteiger partial charge in [0.05, 0.1) is 0 Å². The standard InChI is InChI=1S/C12H21N/c1-8-4-5-13-12(8)11-7-9-2-3-10(11)6-9/h8-13H,2-7H2,1H3. The highest BCUT2D eigenvalue weighted by atomic mass is 15.0. The molecular weight excluding hydrogens is 158 g/mol. The van der Waals surface area contributed by atoms with Gasteiger partial charge in [-0.25, -0.2) is 0 Å². The van der Waals surface area contributed by atoms with Crippen molar-refractivity contribution in [1.29, 1.82) is 0 Å². The lowest BCUT2D eigenvalue weighted by atomic mass is 9.79. The van der Waals surface area contributed by atoms with E-state index in [9.17, 15) is 0 Å². The van der Waals surface area contributed by atoms with Crippen molar-refractivity contribution in [2.24, 2.45) is 23.7 Å². The van der Waals surface area contributed by atoms with Crippen molar-refractivity contribution in [3.8, 4) is 0 Å². The van der Waals surface area contributed by atoms with E-state index in [1.54, 1.807) is 25.7 Å². The second kappa shape index (κ2) is 2.98. The van der Waals surface area contributed by atoms with E-state index in [1.807, 2.05) is 0 Å². The Morgan fingerprint density at radius 3 is 2.54 bits per heavy atom. The average Bonchev–Trinajstić information content (AvgIpc) is 2.77. The lowest BCUT2D eigenvalue weighted by molar-refractivity contribution is 0.234. The highest BCUT2D eigenvalue weighted by Crippen LogP contribution is 2.51. The summed E-state index contributed by atoms with van der Waals surface area (Å²) < 4.78 is 0. The van der Waals surface area contributed by atoms with E-state index in [4.69, 9.17) is 0 Å². The zero-order chi connectivity index (χ0) is 8.84. The number of rotatable bonds is 1. The Kier molecular flexibility index (Phi) is 1.90. The summed E-state index contributed by atoms with van der Waals surface area (Å²) in [5, 5.41) is 3.73. The van der Waals surface area contributed by atoms with Gasteiger partial charge in [0, 0.05) is 6.04 Å². The van der Waals surface area contributed by atoms with E-state index < -0.39 is 0 Å². The van der Waals surface area contributed by atoms with Crippen LogP contribution in [-0.2, 0) is 0 Å². The first-order valence-corrected chi connectivity index (χ1v) is 6.08. The third-order valence-corrected chi connectivity index (χ3v) is 4.85. The Labute approximate surface area is 81.3 Å². The number of hydrogen-bond acceptors (Lipinski definition) is 1. The van der Waals surface area contributed by atoms with Gasteiger partial charge in [-0.15, -0.1) is 0 Å². The predicted molar refractivity (Wildman–Crippen MR) is 54.5 cm³/mol. The van der Waals surface area contributed by atoms with Crippen LogP contribution < -0.4 is 5.32 Å². The van der Waals surface area contributed by atoms with Crippen LogP contribution in [0.1, 0.15) is 39.0 Å². The molecule has 0 aromatic carbocycles. The summed E-state index contributed by atoms with van der Waals surface area (Å²) in [5.41, 5.74) is 0. The molecule has 2 saturated carbocycles. The minimum absolute atomic E-state index is 0.885. The van der Waals surface area contributed by atoms with E-state index >= 15 is 0 Å². The van der Waals surface area contributed by atoms with E-state index in [-0.39, 0.29) is 0 Å². The summed E-state index contributed by atoms with van der Waals surface area (Å²) in [4.78, 5) is 0. The highest BCUT2D eigenvalue weighted by Gasteiger charge is 2.45. The Balaban J connectivity index is 1.72. The van der Waals surface area contributed by atoms with E-state index in [2.05, 4.69) is 12.2 Å². The molecule has 1 aliphatic heterocycles. The van der Waals surface area contributed by atoms with Crippen LogP contribution >= 0.6 is 0 Å². The van der Waals surface area contributed by atoms with Crippen molar-refractivity contribution in [3.05, 3.63) is 0 Å². The largest absolute Gasteiger partial charge is 0.313 e. The van der Waals surface area contributed by atoms with Gasteiger partial charge in [-0.2, -0.15) is 0 Å². The Morgan fingerprint density at radius 2 is 2.00 bits per heavy atom. The molecule has 1 saturated heterocycles. The molecule has 1 N–H and O–H groups in total. The average molecular weight is 179 g/mol. The van der Waals surface area contributed by atoms with Crippen LogP contribution in [0.2, 0.25) is 0 Å². The highest BCUT2D eigenvalue weighted by molar-refractivity contribution is 4.98. The van der Waals surface area contributed by atoms with Gasteiger partial charge in [-0.05, 0) is 55.9 Å². The second-order valence-corrected chi connectivity index (χ2v) is 5.58. The topological polar surface area (TPSA) is 12.0 Å². The molecule has 1 nitrogen and oxygen atoms in total. The molecule has 2 bridgehead atoms. The van der Waals surface area contributed by atoms with Crippen LogP contribution in [0.5, 0.6) is 0 Å². The summed E-state index contributed by atoms with van der Waals surface area (Å²) in [6.07, 6.45) is 7.61. The Bertz CT molecular complexity index is 201. The summed E-state index contributed by atoms with van der Waals surface area (Å²) >= 11 is 0. The van der Waals surface area contributed by atoms with Crippen molar-refractivity contribution in [3.63, 3.8) is 0 Å². The van der Waals surface area contributed by atoms with Crippen molar-refractivity contribution in [2.45, 2.75) is 45.1 Å². The molecule has 1 heterocycles.